The number of alkyl halides is 3. The number of hydrogen-bond acceptors (Lipinski definition) is 5. The molecule has 3 rings (SSSR count). The van der Waals surface area contributed by atoms with E-state index in [1.165, 1.54) is 4.57 Å². The van der Waals surface area contributed by atoms with Crippen molar-refractivity contribution in [2.24, 2.45) is 0 Å². The van der Waals surface area contributed by atoms with Crippen molar-refractivity contribution in [2.75, 3.05) is 13.2 Å². The molecular weight excluding hydrogens is 389 g/mol. The molecule has 1 aromatic rings. The summed E-state index contributed by atoms with van der Waals surface area (Å²) in [6.07, 6.45) is -3.85. The monoisotopic (exact) mass is 402 g/mol. The first-order chi connectivity index (χ1) is 12.7. The third-order valence-corrected chi connectivity index (χ3v) is 4.23. The highest BCUT2D eigenvalue weighted by atomic mass is 35.5. The van der Waals surface area contributed by atoms with Crippen LogP contribution in [0.15, 0.2) is 21.7 Å². The lowest BCUT2D eigenvalue weighted by molar-refractivity contribution is -0.174. The van der Waals surface area contributed by atoms with E-state index in [-0.39, 0.29) is 24.7 Å². The Labute approximate surface area is 155 Å². The van der Waals surface area contributed by atoms with Gasteiger partial charge in [-0.3, -0.25) is 9.78 Å². The molecular formula is C16H14ClF3N4O3. The van der Waals surface area contributed by atoms with Crippen LogP contribution in [-0.4, -0.2) is 38.9 Å². The Kier molecular flexibility index (Phi) is 5.20. The van der Waals surface area contributed by atoms with Gasteiger partial charge in [-0.25, -0.2) is 9.78 Å². The summed E-state index contributed by atoms with van der Waals surface area (Å²) < 4.78 is 42.9. The molecule has 2 aliphatic heterocycles. The van der Waals surface area contributed by atoms with Crippen LogP contribution in [0, 0.1) is 0 Å². The molecule has 0 saturated heterocycles. The van der Waals surface area contributed by atoms with E-state index in [0.717, 1.165) is 5.56 Å². The number of aromatic nitrogens is 4. The van der Waals surface area contributed by atoms with Crippen molar-refractivity contribution in [3.8, 4) is 11.5 Å². The van der Waals surface area contributed by atoms with Crippen molar-refractivity contribution >= 4 is 22.6 Å². The fourth-order valence-electron chi connectivity index (χ4n) is 2.70. The van der Waals surface area contributed by atoms with Gasteiger partial charge in [0.25, 0.3) is 5.56 Å². The molecule has 0 aromatic heterocycles. The summed E-state index contributed by atoms with van der Waals surface area (Å²) in [5, 5.41) is 0.446. The minimum absolute atomic E-state index is 0.0313. The largest absolute Gasteiger partial charge is 0.411 e. The summed E-state index contributed by atoms with van der Waals surface area (Å²) in [4.78, 5) is 33.7. The number of aromatic amines is 1. The number of halogens is 4. The van der Waals surface area contributed by atoms with Crippen LogP contribution in [0.5, 0.6) is 0 Å². The van der Waals surface area contributed by atoms with Gasteiger partial charge in [0.2, 0.25) is 0 Å². The summed E-state index contributed by atoms with van der Waals surface area (Å²) in [7, 11) is 0. The normalized spacial score (nSPS) is 12.2. The second-order valence-electron chi connectivity index (χ2n) is 5.76. The molecule has 1 N–H and O–H groups in total. The lowest BCUT2D eigenvalue weighted by Gasteiger charge is -2.18. The maximum Gasteiger partial charge on any atom is 0.411 e. The van der Waals surface area contributed by atoms with E-state index >= 15 is 0 Å². The molecule has 0 spiro atoms. The van der Waals surface area contributed by atoms with Gasteiger partial charge in [0.15, 0.2) is 11.5 Å². The van der Waals surface area contributed by atoms with Crippen molar-refractivity contribution < 1.29 is 17.9 Å². The van der Waals surface area contributed by atoms with Crippen LogP contribution >= 0.6 is 11.6 Å². The Morgan fingerprint density at radius 3 is 2.67 bits per heavy atom. The third kappa shape index (κ3) is 4.11. The highest BCUT2D eigenvalue weighted by molar-refractivity contribution is 6.32. The second-order valence-corrected chi connectivity index (χ2v) is 6.17. The molecule has 7 nitrogen and oxygen atoms in total. The van der Waals surface area contributed by atoms with Crippen molar-refractivity contribution in [3.05, 3.63) is 43.6 Å². The van der Waals surface area contributed by atoms with Crippen molar-refractivity contribution in [3.63, 3.8) is 0 Å². The van der Waals surface area contributed by atoms with E-state index in [1.807, 2.05) is 11.9 Å². The molecule has 0 bridgehead atoms. The average molecular weight is 403 g/mol. The Hall–Kier alpha value is -2.46. The van der Waals surface area contributed by atoms with Crippen LogP contribution in [0.4, 0.5) is 13.2 Å². The van der Waals surface area contributed by atoms with Crippen LogP contribution in [0.3, 0.4) is 0 Å². The minimum atomic E-state index is -4.45. The topological polar surface area (TPSA) is 89.9 Å². The first-order valence-corrected chi connectivity index (χ1v) is 8.35. The van der Waals surface area contributed by atoms with Crippen molar-refractivity contribution in [1.29, 1.82) is 0 Å². The Morgan fingerprint density at radius 1 is 1.26 bits per heavy atom. The molecule has 0 atom stereocenters. The van der Waals surface area contributed by atoms with E-state index in [9.17, 15) is 22.8 Å². The Morgan fingerprint density at radius 2 is 2.00 bits per heavy atom. The molecule has 27 heavy (non-hydrogen) atoms. The molecule has 1 aromatic carbocycles. The number of rotatable bonds is 5. The number of benzene rings is 1. The van der Waals surface area contributed by atoms with Gasteiger partial charge in [0.1, 0.15) is 6.61 Å². The van der Waals surface area contributed by atoms with Crippen LogP contribution in [0.25, 0.3) is 22.6 Å². The fourth-order valence-corrected chi connectivity index (χ4v) is 2.99. The number of hydrogen-bond donors (Lipinski definition) is 1. The molecule has 0 radical (unpaired) electrons. The second kappa shape index (κ2) is 7.28. The van der Waals surface area contributed by atoms with Crippen LogP contribution in [-0.2, 0) is 17.7 Å². The summed E-state index contributed by atoms with van der Waals surface area (Å²) in [6, 6.07) is 3.27. The van der Waals surface area contributed by atoms with Gasteiger partial charge >= 0.3 is 11.9 Å². The lowest BCUT2D eigenvalue weighted by atomic mass is 10.1. The SMILES string of the molecule is CCc1cc2c(cc1Cl)nc1c(=O)[nH]c(=O)nc-1n2CCOCC(F)(F)F. The number of H-pyrrole nitrogens is 1. The average Bonchev–Trinajstić information content (AvgIpc) is 2.57. The maximum atomic E-state index is 12.3. The molecule has 0 saturated carbocycles. The fraction of sp³-hybridized carbons (Fsp3) is 0.375. The molecule has 0 fully saturated rings. The number of fused-ring (bicyclic) bond motifs is 2. The smallest absolute Gasteiger partial charge is 0.370 e. The van der Waals surface area contributed by atoms with Crippen LogP contribution in [0.1, 0.15) is 12.5 Å². The van der Waals surface area contributed by atoms with Crippen molar-refractivity contribution in [2.45, 2.75) is 26.1 Å². The van der Waals surface area contributed by atoms with Gasteiger partial charge in [0.05, 0.1) is 17.6 Å². The van der Waals surface area contributed by atoms with E-state index in [2.05, 4.69) is 14.7 Å². The molecule has 11 heteroatoms. The van der Waals surface area contributed by atoms with Crippen LogP contribution < -0.4 is 11.2 Å². The quantitative estimate of drug-likeness (QED) is 0.522. The number of nitrogens with one attached hydrogen (secondary N) is 1. The van der Waals surface area contributed by atoms with Gasteiger partial charge in [-0.1, -0.05) is 18.5 Å². The first kappa shape index (κ1) is 19.3. The summed E-state index contributed by atoms with van der Waals surface area (Å²) in [5.74, 6) is -0.0313. The Bertz CT molecular complexity index is 1080. The Balaban J connectivity index is 2.16. The molecule has 2 heterocycles. The lowest BCUT2D eigenvalue weighted by Crippen LogP contribution is -2.29. The zero-order chi connectivity index (χ0) is 19.8. The summed E-state index contributed by atoms with van der Waals surface area (Å²) in [5.41, 5.74) is -0.111. The van der Waals surface area contributed by atoms with E-state index in [0.29, 0.717) is 22.5 Å². The highest BCUT2D eigenvalue weighted by Gasteiger charge is 2.27. The van der Waals surface area contributed by atoms with Crippen LogP contribution in [0.2, 0.25) is 5.02 Å². The van der Waals surface area contributed by atoms with E-state index < -0.39 is 24.0 Å². The van der Waals surface area contributed by atoms with Crippen molar-refractivity contribution in [1.82, 2.24) is 19.5 Å². The van der Waals surface area contributed by atoms with E-state index in [1.54, 1.807) is 12.1 Å². The predicted molar refractivity (Wildman–Crippen MR) is 92.3 cm³/mol. The maximum absolute atomic E-state index is 12.3. The molecule has 0 amide bonds. The number of nitrogens with zero attached hydrogens (tertiary/aromatic N) is 3. The summed E-state index contributed by atoms with van der Waals surface area (Å²) >= 11 is 6.20. The molecule has 0 unspecified atom stereocenters. The van der Waals surface area contributed by atoms with Gasteiger partial charge < -0.3 is 9.30 Å². The van der Waals surface area contributed by atoms with E-state index in [4.69, 9.17) is 11.6 Å². The van der Waals surface area contributed by atoms with Gasteiger partial charge in [-0.05, 0) is 24.1 Å². The van der Waals surface area contributed by atoms with Gasteiger partial charge in [-0.15, -0.1) is 0 Å². The molecule has 0 aliphatic carbocycles. The number of aryl methyl sites for hydroxylation is 1. The standard InChI is InChI=1S/C16H14ClF3N4O3/c1-2-8-5-11-10(6-9(8)17)21-12-13(22-15(26)23-14(12)25)24(11)3-4-27-7-16(18,19)20/h5-6H,2-4,7H2,1H3,(H,23,25,26). The van der Waals surface area contributed by atoms with Gasteiger partial charge in [0, 0.05) is 11.6 Å². The number of ether oxygens (including phenoxy) is 1. The predicted octanol–water partition coefficient (Wildman–Crippen LogP) is 2.38. The van der Waals surface area contributed by atoms with Gasteiger partial charge in [-0.2, -0.15) is 18.2 Å². The zero-order valence-corrected chi connectivity index (χ0v) is 14.8. The highest BCUT2D eigenvalue weighted by Crippen LogP contribution is 2.27. The first-order valence-electron chi connectivity index (χ1n) is 7.97. The summed E-state index contributed by atoms with van der Waals surface area (Å²) in [6.45, 7) is 0.121. The molecule has 144 valence electrons. The minimum Gasteiger partial charge on any atom is -0.370 e. The molecule has 2 aliphatic rings. The third-order valence-electron chi connectivity index (χ3n) is 3.88. The zero-order valence-electron chi connectivity index (χ0n) is 14.1.